The zero-order valence-corrected chi connectivity index (χ0v) is 16.7. The maximum atomic E-state index is 12.6. The maximum Gasteiger partial charge on any atom is 0.363 e. The smallest absolute Gasteiger partial charge is 0.363 e. The number of carbonyl (C=O) groups excluding carboxylic acids is 2. The number of esters is 1. The Hall–Kier alpha value is -3.62. The van der Waals surface area contributed by atoms with Crippen molar-refractivity contribution in [1.82, 2.24) is 19.6 Å². The quantitative estimate of drug-likeness (QED) is 0.616. The van der Waals surface area contributed by atoms with Gasteiger partial charge in [0.25, 0.3) is 5.91 Å². The van der Waals surface area contributed by atoms with Crippen LogP contribution in [-0.4, -0.2) is 44.7 Å². The van der Waals surface area contributed by atoms with Gasteiger partial charge in [0.1, 0.15) is 5.82 Å². The highest BCUT2D eigenvalue weighted by atomic mass is 16.6. The van der Waals surface area contributed by atoms with E-state index in [1.165, 1.54) is 18.7 Å². The number of nitrogens with zero attached hydrogens (tertiary/aromatic N) is 4. The highest BCUT2D eigenvalue weighted by Gasteiger charge is 2.25. The minimum absolute atomic E-state index is 0.0109. The van der Waals surface area contributed by atoms with E-state index in [9.17, 15) is 9.59 Å². The lowest BCUT2D eigenvalue weighted by molar-refractivity contribution is -0.123. The van der Waals surface area contributed by atoms with E-state index in [0.29, 0.717) is 5.82 Å². The van der Waals surface area contributed by atoms with E-state index in [1.807, 2.05) is 44.2 Å². The monoisotopic (exact) mass is 397 g/mol. The van der Waals surface area contributed by atoms with Crippen molar-refractivity contribution >= 4 is 17.7 Å². The number of amides is 1. The molecule has 29 heavy (non-hydrogen) atoms. The van der Waals surface area contributed by atoms with Crippen LogP contribution in [0.3, 0.4) is 0 Å². The van der Waals surface area contributed by atoms with Gasteiger partial charge in [-0.05, 0) is 32.9 Å². The van der Waals surface area contributed by atoms with Crippen LogP contribution >= 0.6 is 0 Å². The molecule has 9 heteroatoms. The molecule has 9 nitrogen and oxygen atoms in total. The predicted octanol–water partition coefficient (Wildman–Crippen LogP) is 2.84. The lowest BCUT2D eigenvalue weighted by atomic mass is 10.3. The maximum absolute atomic E-state index is 12.6. The number of aromatic nitrogens is 4. The molecule has 0 aliphatic heterocycles. The summed E-state index contributed by atoms with van der Waals surface area (Å²) in [4.78, 5) is 25.0. The molecule has 0 unspecified atom stereocenters. The summed E-state index contributed by atoms with van der Waals surface area (Å²) in [6.07, 6.45) is 2.13. The zero-order chi connectivity index (χ0) is 21.0. The average molecular weight is 397 g/mol. The van der Waals surface area contributed by atoms with Gasteiger partial charge in [0.05, 0.1) is 25.2 Å². The third kappa shape index (κ3) is 4.45. The molecule has 0 radical (unpaired) electrons. The van der Waals surface area contributed by atoms with Crippen LogP contribution in [0.1, 0.15) is 37.3 Å². The summed E-state index contributed by atoms with van der Waals surface area (Å²) in [5.41, 5.74) is 0.751. The largest absolute Gasteiger partial charge is 0.493 e. The Kier molecular flexibility index (Phi) is 5.96. The van der Waals surface area contributed by atoms with Crippen LogP contribution in [0.4, 0.5) is 5.82 Å². The normalized spacial score (nSPS) is 11.9. The standard InChI is InChI=1S/C20H23N5O4/c1-13(2)25-17(10-11-21-25)22-19(26)14(3)29-20(27)18-16(28-4)12-24(23-18)15-8-6-5-7-9-15/h5-14H,1-4H3,(H,22,26)/t14-/m0/s1. The lowest BCUT2D eigenvalue weighted by Gasteiger charge is -2.15. The van der Waals surface area contributed by atoms with Gasteiger partial charge in [-0.1, -0.05) is 18.2 Å². The SMILES string of the molecule is COc1cn(-c2ccccc2)nc1C(=O)O[C@@H](C)C(=O)Nc1ccnn1C(C)C. The third-order valence-corrected chi connectivity index (χ3v) is 4.18. The first kappa shape index (κ1) is 20.1. The second kappa shape index (κ2) is 8.59. The Bertz CT molecular complexity index is 993. The fourth-order valence-electron chi connectivity index (χ4n) is 2.68. The zero-order valence-electron chi connectivity index (χ0n) is 16.7. The molecule has 2 aromatic heterocycles. The molecule has 3 aromatic rings. The number of methoxy groups -OCH3 is 1. The first-order valence-corrected chi connectivity index (χ1v) is 9.15. The molecular formula is C20H23N5O4. The van der Waals surface area contributed by atoms with Crippen molar-refractivity contribution in [3.8, 4) is 11.4 Å². The summed E-state index contributed by atoms with van der Waals surface area (Å²) in [7, 11) is 1.44. The van der Waals surface area contributed by atoms with Crippen molar-refractivity contribution < 1.29 is 19.1 Å². The molecule has 0 aliphatic rings. The number of benzene rings is 1. The summed E-state index contributed by atoms with van der Waals surface area (Å²) in [5, 5.41) is 11.1. The van der Waals surface area contributed by atoms with Crippen LogP contribution in [0.25, 0.3) is 5.69 Å². The Labute approximate surface area is 168 Å². The minimum atomic E-state index is -1.04. The molecule has 1 aromatic carbocycles. The first-order valence-electron chi connectivity index (χ1n) is 9.15. The van der Waals surface area contributed by atoms with Crippen LogP contribution in [0.15, 0.2) is 48.8 Å². The minimum Gasteiger partial charge on any atom is -0.493 e. The number of carbonyl (C=O) groups is 2. The van der Waals surface area contributed by atoms with Crippen LogP contribution in [0.5, 0.6) is 5.75 Å². The van der Waals surface area contributed by atoms with Gasteiger partial charge in [0, 0.05) is 12.1 Å². The van der Waals surface area contributed by atoms with Gasteiger partial charge < -0.3 is 14.8 Å². The molecule has 1 amide bonds. The molecule has 152 valence electrons. The Morgan fingerprint density at radius 2 is 1.83 bits per heavy atom. The number of anilines is 1. The van der Waals surface area contributed by atoms with E-state index in [4.69, 9.17) is 9.47 Å². The van der Waals surface area contributed by atoms with Gasteiger partial charge in [0.2, 0.25) is 5.69 Å². The molecule has 0 aliphatic carbocycles. The average Bonchev–Trinajstić information content (AvgIpc) is 3.35. The molecule has 2 heterocycles. The topological polar surface area (TPSA) is 100 Å². The molecular weight excluding hydrogens is 374 g/mol. The highest BCUT2D eigenvalue weighted by Crippen LogP contribution is 2.21. The van der Waals surface area contributed by atoms with Crippen LogP contribution in [0, 0.1) is 0 Å². The fraction of sp³-hybridized carbons (Fsp3) is 0.300. The number of nitrogens with one attached hydrogen (secondary N) is 1. The van der Waals surface area contributed by atoms with Crippen molar-refractivity contribution in [2.24, 2.45) is 0 Å². The van der Waals surface area contributed by atoms with Gasteiger partial charge in [-0.3, -0.25) is 4.79 Å². The Morgan fingerprint density at radius 1 is 1.10 bits per heavy atom. The van der Waals surface area contributed by atoms with Gasteiger partial charge in [-0.2, -0.15) is 10.2 Å². The Morgan fingerprint density at radius 3 is 2.48 bits per heavy atom. The molecule has 1 N–H and O–H groups in total. The van der Waals surface area contributed by atoms with Crippen molar-refractivity contribution in [2.75, 3.05) is 12.4 Å². The van der Waals surface area contributed by atoms with E-state index in [0.717, 1.165) is 5.69 Å². The summed E-state index contributed by atoms with van der Waals surface area (Å²) in [5.74, 6) is -0.443. The van der Waals surface area contributed by atoms with Crippen molar-refractivity contribution in [1.29, 1.82) is 0 Å². The van der Waals surface area contributed by atoms with E-state index >= 15 is 0 Å². The van der Waals surface area contributed by atoms with Gasteiger partial charge in [-0.15, -0.1) is 0 Å². The van der Waals surface area contributed by atoms with Gasteiger partial charge in [-0.25, -0.2) is 14.2 Å². The van der Waals surface area contributed by atoms with E-state index in [1.54, 1.807) is 23.1 Å². The summed E-state index contributed by atoms with van der Waals surface area (Å²) >= 11 is 0. The van der Waals surface area contributed by atoms with E-state index in [2.05, 4.69) is 15.5 Å². The fourth-order valence-corrected chi connectivity index (χ4v) is 2.68. The summed E-state index contributed by atoms with van der Waals surface area (Å²) in [6.45, 7) is 5.38. The lowest BCUT2D eigenvalue weighted by Crippen LogP contribution is -2.31. The molecule has 1 atom stereocenters. The highest BCUT2D eigenvalue weighted by molar-refractivity contribution is 5.97. The number of ether oxygens (including phenoxy) is 2. The second-order valence-electron chi connectivity index (χ2n) is 6.62. The Balaban J connectivity index is 1.71. The number of rotatable bonds is 7. The predicted molar refractivity (Wildman–Crippen MR) is 106 cm³/mol. The molecule has 0 fully saturated rings. The van der Waals surface area contributed by atoms with E-state index in [-0.39, 0.29) is 17.5 Å². The van der Waals surface area contributed by atoms with Gasteiger partial charge >= 0.3 is 5.97 Å². The van der Waals surface area contributed by atoms with Crippen molar-refractivity contribution in [3.05, 3.63) is 54.5 Å². The van der Waals surface area contributed by atoms with E-state index < -0.39 is 18.0 Å². The van der Waals surface area contributed by atoms with Crippen molar-refractivity contribution in [3.63, 3.8) is 0 Å². The number of hydrogen-bond acceptors (Lipinski definition) is 6. The molecule has 0 spiro atoms. The summed E-state index contributed by atoms with van der Waals surface area (Å²) < 4.78 is 13.7. The number of hydrogen-bond donors (Lipinski definition) is 1. The third-order valence-electron chi connectivity index (χ3n) is 4.18. The van der Waals surface area contributed by atoms with Crippen LogP contribution in [0.2, 0.25) is 0 Å². The van der Waals surface area contributed by atoms with Gasteiger partial charge in [0.15, 0.2) is 11.9 Å². The van der Waals surface area contributed by atoms with Crippen LogP contribution in [-0.2, 0) is 9.53 Å². The van der Waals surface area contributed by atoms with Crippen molar-refractivity contribution in [2.45, 2.75) is 32.9 Å². The molecule has 0 bridgehead atoms. The molecule has 0 saturated heterocycles. The van der Waals surface area contributed by atoms with Crippen LogP contribution < -0.4 is 10.1 Å². The second-order valence-corrected chi connectivity index (χ2v) is 6.62. The summed E-state index contributed by atoms with van der Waals surface area (Å²) in [6, 6.07) is 11.0. The molecule has 3 rings (SSSR count). The first-order chi connectivity index (χ1) is 13.9. The molecule has 0 saturated carbocycles. The number of para-hydroxylation sites is 1.